The van der Waals surface area contributed by atoms with Gasteiger partial charge in [0.1, 0.15) is 47.0 Å². The van der Waals surface area contributed by atoms with Crippen molar-refractivity contribution in [3.8, 4) is 0 Å². The monoisotopic (exact) mass is 848 g/mol. The van der Waals surface area contributed by atoms with Gasteiger partial charge in [0.05, 0.1) is 0 Å². The fourth-order valence-electron chi connectivity index (χ4n) is 8.27. The molecule has 8 atom stereocenters. The summed E-state index contributed by atoms with van der Waals surface area (Å²) >= 11 is 2.54. The fraction of sp³-hybridized carbons (Fsp3) is 0.462. The summed E-state index contributed by atoms with van der Waals surface area (Å²) in [6.07, 6.45) is 0. The number of carbonyl (C=O) groups is 9. The highest BCUT2D eigenvalue weighted by atomic mass is 32.2. The van der Waals surface area contributed by atoms with Gasteiger partial charge in [-0.05, 0) is 45.7 Å². The molecular formula is C39H44N8O10S2. The van der Waals surface area contributed by atoms with Crippen LogP contribution in [0.3, 0.4) is 0 Å². The number of carbonyl (C=O) groups excluding carboxylic acids is 8. The van der Waals surface area contributed by atoms with Crippen LogP contribution in [0.4, 0.5) is 4.79 Å². The van der Waals surface area contributed by atoms with Gasteiger partial charge in [-0.2, -0.15) is 0 Å². The van der Waals surface area contributed by atoms with Crippen molar-refractivity contribution in [2.75, 3.05) is 19.6 Å². The Morgan fingerprint density at radius 2 is 1.15 bits per heavy atom. The molecule has 0 aliphatic carbocycles. The van der Waals surface area contributed by atoms with Crippen molar-refractivity contribution in [1.29, 1.82) is 0 Å². The van der Waals surface area contributed by atoms with Gasteiger partial charge in [-0.25, -0.2) is 9.59 Å². The standard InChI is InChI=1S/C39H44N8O10S2/c1-6-44-17-18-45(33(54)32(44)53)37(57)43-22(20-15-11-8-12-16-20)28(49)42-23-30(51)46-25(38(2,3)58-34(23)46)29(50)40-21(19-13-9-7-10-14-19)27(48)41-24-31(52)47-26(36(55)56)39(4,5)59-35(24)47/h7-16,21-26,34-35H,6,17-18H2,1-5H3,(H,40,50)(H,41,48)(H,42,49)(H,43,57)(H,55,56)/t21-,22-,23-,24-,25+,26+,34-,35-/m1/s1. The predicted molar refractivity (Wildman–Crippen MR) is 213 cm³/mol. The Kier molecular flexibility index (Phi) is 10.9. The minimum Gasteiger partial charge on any atom is -0.480 e. The van der Waals surface area contributed by atoms with Crippen LogP contribution in [0.2, 0.25) is 0 Å². The molecule has 9 amide bonds. The van der Waals surface area contributed by atoms with Gasteiger partial charge in [-0.15, -0.1) is 23.5 Å². The van der Waals surface area contributed by atoms with E-state index in [4.69, 9.17) is 0 Å². The molecule has 0 unspecified atom stereocenters. The minimum absolute atomic E-state index is 0.0735. The lowest BCUT2D eigenvalue weighted by atomic mass is 9.93. The molecule has 2 aromatic carbocycles. The van der Waals surface area contributed by atoms with Crippen LogP contribution in [0.25, 0.3) is 0 Å². The highest BCUT2D eigenvalue weighted by Gasteiger charge is 2.66. The SMILES string of the molecule is CCN1CCN(C(=O)N[C@@H](C(=O)N[C@@H]2C(=O)N3[C@@H]2SC(C)(C)[C@@H]3C(=O)N[C@@H](C(=O)N[C@@H]2C(=O)N3[C@@H]2SC(C)(C)[C@@H]3C(=O)O)c2ccccc2)c2ccccc2)C(=O)C1=O. The van der Waals surface area contributed by atoms with Gasteiger partial charge >= 0.3 is 23.8 Å². The Morgan fingerprint density at radius 3 is 1.63 bits per heavy atom. The topological polar surface area (TPSA) is 235 Å². The molecule has 18 nitrogen and oxygen atoms in total. The number of thioether (sulfide) groups is 2. The van der Waals surface area contributed by atoms with E-state index in [0.717, 1.165) is 4.90 Å². The molecule has 0 spiro atoms. The Morgan fingerprint density at radius 1 is 0.695 bits per heavy atom. The lowest BCUT2D eigenvalue weighted by molar-refractivity contribution is -0.161. The lowest BCUT2D eigenvalue weighted by Gasteiger charge is -2.45. The van der Waals surface area contributed by atoms with Gasteiger partial charge < -0.3 is 41.1 Å². The number of amides is 9. The summed E-state index contributed by atoms with van der Waals surface area (Å²) in [5.41, 5.74) is 0.750. The highest BCUT2D eigenvalue weighted by Crippen LogP contribution is 2.52. The first kappa shape index (κ1) is 41.5. The molecule has 5 aliphatic heterocycles. The zero-order valence-electron chi connectivity index (χ0n) is 32.7. The first-order valence-corrected chi connectivity index (χ1v) is 20.8. The van der Waals surface area contributed by atoms with Crippen LogP contribution in [-0.2, 0) is 38.4 Å². The quantitative estimate of drug-likeness (QED) is 0.150. The van der Waals surface area contributed by atoms with Crippen molar-refractivity contribution in [3.05, 3.63) is 71.8 Å². The molecule has 5 fully saturated rings. The molecule has 20 heteroatoms. The zero-order chi connectivity index (χ0) is 42.7. The zero-order valence-corrected chi connectivity index (χ0v) is 34.4. The molecule has 0 radical (unpaired) electrons. The fourth-order valence-corrected chi connectivity index (χ4v) is 11.5. The maximum absolute atomic E-state index is 14.2. The van der Waals surface area contributed by atoms with E-state index in [-0.39, 0.29) is 13.1 Å². The van der Waals surface area contributed by atoms with Crippen LogP contribution in [0.1, 0.15) is 57.8 Å². The summed E-state index contributed by atoms with van der Waals surface area (Å²) < 4.78 is -1.74. The van der Waals surface area contributed by atoms with E-state index in [1.165, 1.54) is 38.2 Å². The molecule has 5 heterocycles. The van der Waals surface area contributed by atoms with Crippen LogP contribution >= 0.6 is 23.5 Å². The molecule has 0 saturated carbocycles. The van der Waals surface area contributed by atoms with E-state index in [1.54, 1.807) is 95.3 Å². The number of carboxylic acids is 1. The van der Waals surface area contributed by atoms with E-state index in [1.807, 2.05) is 0 Å². The molecule has 0 bridgehead atoms. The van der Waals surface area contributed by atoms with Crippen molar-refractivity contribution in [2.24, 2.45) is 0 Å². The molecule has 7 rings (SSSR count). The van der Waals surface area contributed by atoms with E-state index in [9.17, 15) is 48.3 Å². The van der Waals surface area contributed by atoms with Gasteiger partial charge in [0.2, 0.25) is 29.5 Å². The highest BCUT2D eigenvalue weighted by molar-refractivity contribution is 8.02. The number of benzene rings is 2. The second-order valence-electron chi connectivity index (χ2n) is 15.8. The Hall–Kier alpha value is -5.63. The number of hydrogen-bond acceptors (Lipinski definition) is 11. The number of likely N-dealkylation sites (N-methyl/N-ethyl adjacent to an activating group) is 1. The lowest BCUT2D eigenvalue weighted by Crippen LogP contribution is -2.72. The van der Waals surface area contributed by atoms with Crippen molar-refractivity contribution < 1.29 is 48.3 Å². The molecule has 5 N–H and O–H groups in total. The third kappa shape index (κ3) is 7.25. The maximum atomic E-state index is 14.2. The molecule has 59 heavy (non-hydrogen) atoms. The van der Waals surface area contributed by atoms with Crippen LogP contribution in [0, 0.1) is 0 Å². The summed E-state index contributed by atoms with van der Waals surface area (Å²) in [6.45, 7) is 9.02. The number of urea groups is 1. The normalized spacial score (nSPS) is 27.4. The van der Waals surface area contributed by atoms with Crippen LogP contribution in [0.15, 0.2) is 60.7 Å². The number of aliphatic carboxylic acids is 1. The molecule has 0 aromatic heterocycles. The minimum atomic E-state index is -1.36. The number of rotatable bonds is 11. The summed E-state index contributed by atoms with van der Waals surface area (Å²) in [5, 5.41) is 19.3. The second kappa shape index (κ2) is 15.5. The molecule has 2 aromatic rings. The average molecular weight is 849 g/mol. The van der Waals surface area contributed by atoms with Gasteiger partial charge in [0, 0.05) is 29.1 Å². The number of β-lactam (4-membered cyclic amide) rings is 2. The third-order valence-electron chi connectivity index (χ3n) is 11.2. The number of piperazine rings is 1. The van der Waals surface area contributed by atoms with E-state index in [2.05, 4.69) is 21.3 Å². The molecular weight excluding hydrogens is 805 g/mol. The summed E-state index contributed by atoms with van der Waals surface area (Å²) in [5.74, 6) is -6.25. The Labute approximate surface area is 347 Å². The number of hydrogen-bond donors (Lipinski definition) is 5. The number of carboxylic acid groups (broad SMARTS) is 1. The first-order valence-electron chi connectivity index (χ1n) is 19.0. The number of nitrogens with zero attached hydrogens (tertiary/aromatic N) is 4. The third-order valence-corrected chi connectivity index (χ3v) is 14.4. The average Bonchev–Trinajstić information content (AvgIpc) is 3.62. The van der Waals surface area contributed by atoms with Gasteiger partial charge in [-0.3, -0.25) is 38.5 Å². The van der Waals surface area contributed by atoms with E-state index >= 15 is 0 Å². The van der Waals surface area contributed by atoms with Crippen molar-refractivity contribution in [1.82, 2.24) is 40.9 Å². The van der Waals surface area contributed by atoms with Crippen molar-refractivity contribution in [3.63, 3.8) is 0 Å². The number of imide groups is 1. The van der Waals surface area contributed by atoms with Crippen LogP contribution < -0.4 is 21.3 Å². The first-order chi connectivity index (χ1) is 27.9. The van der Waals surface area contributed by atoms with E-state index < -0.39 is 110 Å². The maximum Gasteiger partial charge on any atom is 0.327 e. The molecule has 5 aliphatic rings. The van der Waals surface area contributed by atoms with Crippen LogP contribution in [-0.4, -0.2) is 142 Å². The predicted octanol–water partition coefficient (Wildman–Crippen LogP) is 0.164. The summed E-state index contributed by atoms with van der Waals surface area (Å²) in [6, 6.07) is 8.61. The van der Waals surface area contributed by atoms with Gasteiger partial charge in [-0.1, -0.05) is 60.7 Å². The Balaban J connectivity index is 1.05. The van der Waals surface area contributed by atoms with Gasteiger partial charge in [0.15, 0.2) is 0 Å². The summed E-state index contributed by atoms with van der Waals surface area (Å²) in [4.78, 5) is 124. The van der Waals surface area contributed by atoms with Crippen molar-refractivity contribution in [2.45, 2.75) is 91.1 Å². The second-order valence-corrected chi connectivity index (χ2v) is 19.4. The van der Waals surface area contributed by atoms with E-state index in [0.29, 0.717) is 17.7 Å². The smallest absolute Gasteiger partial charge is 0.327 e. The Bertz CT molecular complexity index is 2120. The molecule has 5 saturated heterocycles. The summed E-state index contributed by atoms with van der Waals surface area (Å²) in [7, 11) is 0. The van der Waals surface area contributed by atoms with Gasteiger partial charge in [0.25, 0.3) is 0 Å². The largest absolute Gasteiger partial charge is 0.480 e. The number of nitrogens with one attached hydrogen (secondary N) is 4. The van der Waals surface area contributed by atoms with Crippen molar-refractivity contribution >= 4 is 76.9 Å². The molecule has 312 valence electrons. The number of fused-ring (bicyclic) bond motifs is 2. The van der Waals surface area contributed by atoms with Crippen LogP contribution in [0.5, 0.6) is 0 Å².